The number of aromatic nitrogens is 3. The minimum atomic E-state index is -0.0823. The van der Waals surface area contributed by atoms with Crippen molar-refractivity contribution in [3.8, 4) is 17.2 Å². The second-order valence-corrected chi connectivity index (χ2v) is 8.48. The summed E-state index contributed by atoms with van der Waals surface area (Å²) in [5.41, 5.74) is 2.97. The molecule has 0 aliphatic rings. The van der Waals surface area contributed by atoms with Crippen LogP contribution >= 0.6 is 11.8 Å². The predicted octanol–water partition coefficient (Wildman–Crippen LogP) is 4.57. The maximum atomic E-state index is 12.5. The number of ether oxygens (including phenoxy) is 2. The fraction of sp³-hybridized carbons (Fsp3) is 0.192. The number of aryl methyl sites for hydroxylation is 1. The number of rotatable bonds is 10. The lowest BCUT2D eigenvalue weighted by Crippen LogP contribution is -2.24. The quantitative estimate of drug-likeness (QED) is 0.339. The number of thioether (sulfide) groups is 1. The second kappa shape index (κ2) is 11.4. The van der Waals surface area contributed by atoms with Crippen molar-refractivity contribution >= 4 is 17.7 Å². The molecule has 0 saturated carbocycles. The fourth-order valence-corrected chi connectivity index (χ4v) is 4.11. The Kier molecular flexibility index (Phi) is 7.83. The van der Waals surface area contributed by atoms with Crippen LogP contribution < -0.4 is 14.8 Å². The minimum absolute atomic E-state index is 0.0823. The number of para-hydroxylation sites is 2. The molecule has 0 aliphatic heterocycles. The van der Waals surface area contributed by atoms with E-state index in [4.69, 9.17) is 9.47 Å². The molecule has 1 heterocycles. The Hall–Kier alpha value is -3.78. The molecule has 4 aromatic rings. The molecule has 1 N–H and O–H groups in total. The van der Waals surface area contributed by atoms with Crippen molar-refractivity contribution in [2.24, 2.45) is 0 Å². The largest absolute Gasteiger partial charge is 0.497 e. The van der Waals surface area contributed by atoms with E-state index in [0.717, 1.165) is 28.3 Å². The summed E-state index contributed by atoms with van der Waals surface area (Å²) < 4.78 is 13.1. The van der Waals surface area contributed by atoms with Crippen LogP contribution in [0.5, 0.6) is 11.5 Å². The summed E-state index contributed by atoms with van der Waals surface area (Å²) in [5, 5.41) is 12.3. The average molecular weight is 475 g/mol. The number of hydrogen-bond acceptors (Lipinski definition) is 6. The van der Waals surface area contributed by atoms with Gasteiger partial charge in [-0.1, -0.05) is 60.3 Å². The first kappa shape index (κ1) is 23.4. The van der Waals surface area contributed by atoms with Gasteiger partial charge in [-0.05, 0) is 48.4 Å². The molecule has 0 bridgehead atoms. The van der Waals surface area contributed by atoms with Crippen molar-refractivity contribution in [1.82, 2.24) is 20.1 Å². The molecule has 0 aliphatic carbocycles. The van der Waals surface area contributed by atoms with E-state index in [0.29, 0.717) is 17.5 Å². The third-order valence-corrected chi connectivity index (χ3v) is 6.08. The molecular formula is C26H26N4O3S. The molecule has 0 spiro atoms. The van der Waals surface area contributed by atoms with Crippen LogP contribution in [0, 0.1) is 6.92 Å². The van der Waals surface area contributed by atoms with Crippen molar-refractivity contribution in [1.29, 1.82) is 0 Å². The molecule has 8 heteroatoms. The number of hydrogen-bond donors (Lipinski definition) is 1. The zero-order valence-electron chi connectivity index (χ0n) is 19.1. The Labute approximate surface area is 203 Å². The monoisotopic (exact) mass is 474 g/mol. The van der Waals surface area contributed by atoms with Crippen LogP contribution in [-0.4, -0.2) is 33.5 Å². The molecule has 0 saturated heterocycles. The van der Waals surface area contributed by atoms with Gasteiger partial charge in [-0.25, -0.2) is 0 Å². The molecule has 0 atom stereocenters. The van der Waals surface area contributed by atoms with Crippen molar-refractivity contribution in [2.75, 3.05) is 12.9 Å². The van der Waals surface area contributed by atoms with Crippen LogP contribution in [0.2, 0.25) is 0 Å². The van der Waals surface area contributed by atoms with Gasteiger partial charge in [0.2, 0.25) is 5.91 Å². The van der Waals surface area contributed by atoms with Gasteiger partial charge in [-0.3, -0.25) is 9.36 Å². The van der Waals surface area contributed by atoms with Gasteiger partial charge in [0.1, 0.15) is 18.1 Å². The van der Waals surface area contributed by atoms with Crippen LogP contribution in [0.4, 0.5) is 0 Å². The van der Waals surface area contributed by atoms with Crippen LogP contribution in [0.3, 0.4) is 0 Å². The SMILES string of the molecule is COc1ccc(CNC(=O)CSc2nnc(COc3ccccc3C)n2-c2ccccc2)cc1. The van der Waals surface area contributed by atoms with E-state index in [1.165, 1.54) is 11.8 Å². The molecule has 0 fully saturated rings. The standard InChI is InChI=1S/C26H26N4O3S/c1-19-8-6-7-11-23(19)33-17-24-28-29-26(30(24)21-9-4-3-5-10-21)34-18-25(31)27-16-20-12-14-22(32-2)15-13-20/h3-15H,16-18H2,1-2H3,(H,27,31). The fourth-order valence-electron chi connectivity index (χ4n) is 3.31. The Bertz CT molecular complexity index is 1230. The lowest BCUT2D eigenvalue weighted by molar-refractivity contribution is -0.118. The Balaban J connectivity index is 1.42. The van der Waals surface area contributed by atoms with E-state index in [9.17, 15) is 4.79 Å². The molecule has 1 amide bonds. The summed E-state index contributed by atoms with van der Waals surface area (Å²) >= 11 is 1.34. The number of benzene rings is 3. The first-order valence-electron chi connectivity index (χ1n) is 10.8. The highest BCUT2D eigenvalue weighted by Gasteiger charge is 2.16. The summed E-state index contributed by atoms with van der Waals surface area (Å²) in [6.07, 6.45) is 0. The number of carbonyl (C=O) groups is 1. The third-order valence-electron chi connectivity index (χ3n) is 5.15. The van der Waals surface area contributed by atoms with E-state index in [2.05, 4.69) is 15.5 Å². The Morgan fingerprint density at radius 2 is 1.71 bits per heavy atom. The summed E-state index contributed by atoms with van der Waals surface area (Å²) in [6.45, 7) is 2.71. The van der Waals surface area contributed by atoms with Gasteiger partial charge in [-0.2, -0.15) is 0 Å². The van der Waals surface area contributed by atoms with Gasteiger partial charge >= 0.3 is 0 Å². The van der Waals surface area contributed by atoms with Crippen LogP contribution in [0.25, 0.3) is 5.69 Å². The molecule has 174 valence electrons. The lowest BCUT2D eigenvalue weighted by Gasteiger charge is -2.12. The molecule has 4 rings (SSSR count). The zero-order valence-corrected chi connectivity index (χ0v) is 19.9. The predicted molar refractivity (Wildman–Crippen MR) is 132 cm³/mol. The summed E-state index contributed by atoms with van der Waals surface area (Å²) in [7, 11) is 1.63. The molecule has 7 nitrogen and oxygen atoms in total. The van der Waals surface area contributed by atoms with Crippen molar-refractivity contribution in [2.45, 2.75) is 25.2 Å². The van der Waals surface area contributed by atoms with Gasteiger partial charge in [0, 0.05) is 12.2 Å². The van der Waals surface area contributed by atoms with Gasteiger partial charge in [0.15, 0.2) is 11.0 Å². The maximum absolute atomic E-state index is 12.5. The molecule has 0 radical (unpaired) electrons. The van der Waals surface area contributed by atoms with Crippen LogP contribution in [-0.2, 0) is 17.9 Å². The number of nitrogens with one attached hydrogen (secondary N) is 1. The number of amides is 1. The third kappa shape index (κ3) is 5.96. The first-order valence-corrected chi connectivity index (χ1v) is 11.8. The number of nitrogens with zero attached hydrogens (tertiary/aromatic N) is 3. The molecule has 34 heavy (non-hydrogen) atoms. The Morgan fingerprint density at radius 1 is 0.971 bits per heavy atom. The average Bonchev–Trinajstić information content (AvgIpc) is 3.29. The molecule has 0 unspecified atom stereocenters. The molecular weight excluding hydrogens is 448 g/mol. The summed E-state index contributed by atoms with van der Waals surface area (Å²) in [4.78, 5) is 12.5. The van der Waals surface area contributed by atoms with Crippen LogP contribution in [0.15, 0.2) is 84.0 Å². The number of carbonyl (C=O) groups excluding carboxylic acids is 1. The van der Waals surface area contributed by atoms with Gasteiger partial charge in [0.25, 0.3) is 0 Å². The van der Waals surface area contributed by atoms with Gasteiger partial charge < -0.3 is 14.8 Å². The second-order valence-electron chi connectivity index (χ2n) is 7.54. The maximum Gasteiger partial charge on any atom is 0.230 e. The van der Waals surface area contributed by atoms with E-state index in [1.54, 1.807) is 7.11 Å². The normalized spacial score (nSPS) is 10.6. The zero-order chi connectivity index (χ0) is 23.8. The van der Waals surface area contributed by atoms with E-state index >= 15 is 0 Å². The minimum Gasteiger partial charge on any atom is -0.497 e. The highest BCUT2D eigenvalue weighted by molar-refractivity contribution is 7.99. The summed E-state index contributed by atoms with van der Waals surface area (Å²) in [5.74, 6) is 2.39. The first-order chi connectivity index (χ1) is 16.6. The van der Waals surface area contributed by atoms with E-state index in [1.807, 2.05) is 90.4 Å². The number of methoxy groups -OCH3 is 1. The van der Waals surface area contributed by atoms with Gasteiger partial charge in [-0.15, -0.1) is 10.2 Å². The topological polar surface area (TPSA) is 78.3 Å². The van der Waals surface area contributed by atoms with Gasteiger partial charge in [0.05, 0.1) is 12.9 Å². The smallest absolute Gasteiger partial charge is 0.230 e. The van der Waals surface area contributed by atoms with Crippen molar-refractivity contribution < 1.29 is 14.3 Å². The van der Waals surface area contributed by atoms with E-state index < -0.39 is 0 Å². The molecule has 1 aromatic heterocycles. The molecule has 3 aromatic carbocycles. The lowest BCUT2D eigenvalue weighted by atomic mass is 10.2. The highest BCUT2D eigenvalue weighted by Crippen LogP contribution is 2.24. The van der Waals surface area contributed by atoms with Crippen LogP contribution in [0.1, 0.15) is 17.0 Å². The summed E-state index contributed by atoms with van der Waals surface area (Å²) in [6, 6.07) is 25.3. The van der Waals surface area contributed by atoms with Crippen molar-refractivity contribution in [3.63, 3.8) is 0 Å². The van der Waals surface area contributed by atoms with E-state index in [-0.39, 0.29) is 18.3 Å². The van der Waals surface area contributed by atoms with Crippen molar-refractivity contribution in [3.05, 3.63) is 95.8 Å². The Morgan fingerprint density at radius 3 is 2.44 bits per heavy atom. The highest BCUT2D eigenvalue weighted by atomic mass is 32.2.